The number of carboxylic acids is 1. The van der Waals surface area contributed by atoms with Crippen LogP contribution in [-0.2, 0) is 49.1 Å². The number of para-hydroxylation sites is 2. The molecule has 4 rings (SSSR count). The van der Waals surface area contributed by atoms with Crippen molar-refractivity contribution in [2.45, 2.75) is 12.6 Å². The smallest absolute Gasteiger partial charge is 0.433 e. The van der Waals surface area contributed by atoms with Gasteiger partial charge in [0.2, 0.25) is 5.91 Å². The maximum atomic E-state index is 13.6. The Morgan fingerprint density at radius 3 is 1.93 bits per heavy atom. The molecule has 0 atom stereocenters. The van der Waals surface area contributed by atoms with Crippen LogP contribution >= 0.6 is 11.6 Å². The number of hydrogen-bond acceptors (Lipinski definition) is 18. The number of carboxylic acid groups (broad SMARTS) is 1. The average Bonchev–Trinajstić information content (AvgIpc) is 3.38. The lowest BCUT2D eigenvalue weighted by Gasteiger charge is -2.32. The largest absolute Gasteiger partial charge is 0.491 e. The van der Waals surface area contributed by atoms with Gasteiger partial charge in [-0.05, 0) is 36.4 Å². The molecule has 2 amide bonds. The number of pyridine rings is 1. The molecule has 25 heteroatoms. The Balaban J connectivity index is 1.02. The molecule has 3 N–H and O–H groups in total. The van der Waals surface area contributed by atoms with Crippen molar-refractivity contribution in [3.8, 4) is 22.9 Å². The van der Waals surface area contributed by atoms with Crippen molar-refractivity contribution < 1.29 is 70.8 Å². The van der Waals surface area contributed by atoms with Crippen LogP contribution in [0, 0.1) is 11.3 Å². The molecule has 1 aliphatic heterocycles. The molecule has 406 valence electrons. The van der Waals surface area contributed by atoms with Gasteiger partial charge in [-0.2, -0.15) is 23.9 Å². The van der Waals surface area contributed by atoms with Crippen LogP contribution in [0.1, 0.15) is 28.0 Å². The summed E-state index contributed by atoms with van der Waals surface area (Å²) in [5.41, 5.74) is 2.03. The molecular weight excluding hydrogens is 999 g/mol. The summed E-state index contributed by atoms with van der Waals surface area (Å²) in [6.45, 7) is 8.50. The molecule has 3 aromatic rings. The SMILES string of the molecule is CN(C(=O)c1ccc(Cl)c(-c2cnc(C(F)(F)F)cc2C#N)c1)c1ccccc1OCCC(=O)NCCOCCOCCOCCOCCNOCN1CCN(CC=O)CCN(CC=O)CCN(CC(=O)O)CC1. The Morgan fingerprint density at radius 2 is 1.35 bits per heavy atom. The van der Waals surface area contributed by atoms with Crippen LogP contribution < -0.4 is 20.4 Å². The van der Waals surface area contributed by atoms with Crippen LogP contribution in [0.25, 0.3) is 11.1 Å². The van der Waals surface area contributed by atoms with Gasteiger partial charge in [-0.25, -0.2) is 0 Å². The summed E-state index contributed by atoms with van der Waals surface area (Å²) in [4.78, 5) is 78.4. The molecule has 0 unspecified atom stereocenters. The Labute approximate surface area is 433 Å². The Kier molecular flexibility index (Phi) is 28.0. The van der Waals surface area contributed by atoms with Gasteiger partial charge in [0, 0.05) is 100 Å². The number of aldehydes is 2. The van der Waals surface area contributed by atoms with E-state index in [1.54, 1.807) is 30.3 Å². The van der Waals surface area contributed by atoms with Crippen molar-refractivity contribution in [2.24, 2.45) is 0 Å². The zero-order valence-corrected chi connectivity index (χ0v) is 42.2. The van der Waals surface area contributed by atoms with Crippen LogP contribution in [0.5, 0.6) is 5.75 Å². The molecule has 21 nitrogen and oxygen atoms in total. The molecule has 1 aliphatic rings. The highest BCUT2D eigenvalue weighted by molar-refractivity contribution is 6.33. The van der Waals surface area contributed by atoms with Gasteiger partial charge >= 0.3 is 12.1 Å². The normalized spacial score (nSPS) is 14.6. The third-order valence-electron chi connectivity index (χ3n) is 11.3. The van der Waals surface area contributed by atoms with Gasteiger partial charge in [0.05, 0.1) is 103 Å². The Hall–Kier alpha value is -5.69. The number of benzene rings is 2. The summed E-state index contributed by atoms with van der Waals surface area (Å²) in [6, 6.07) is 13.3. The molecule has 2 aromatic carbocycles. The lowest BCUT2D eigenvalue weighted by Crippen LogP contribution is -2.48. The molecule has 0 saturated carbocycles. The summed E-state index contributed by atoms with van der Waals surface area (Å²) in [6.07, 6.45) is -2.15. The van der Waals surface area contributed by atoms with Crippen molar-refractivity contribution in [1.29, 1.82) is 5.26 Å². The lowest BCUT2D eigenvalue weighted by atomic mass is 9.99. The number of anilines is 1. The van der Waals surface area contributed by atoms with E-state index in [1.165, 1.54) is 30.1 Å². The standard InChI is InChI=1S/C49H65ClF3N9O12/c1-58(48(68)38-6-7-42(50)40(32-38)41-35-56-45(49(51,52)53)33-39(41)34-54)43-4-2-3-5-44(43)73-23-8-46(65)55-9-24-69-26-28-71-30-31-72-29-27-70-25-10-57-74-37-62-17-14-60(20-22-64)12-11-59(19-21-63)13-15-61(16-18-62)36-47(66)67/h2-7,21-22,32-33,35,57H,8-20,23-31,36-37H2,1H3,(H,55,65)(H,66,67). The molecule has 1 fully saturated rings. The van der Waals surface area contributed by atoms with Gasteiger partial charge in [-0.3, -0.25) is 43.8 Å². The second-order valence-electron chi connectivity index (χ2n) is 16.5. The van der Waals surface area contributed by atoms with Crippen LogP contribution in [-0.4, -0.2) is 218 Å². The van der Waals surface area contributed by atoms with E-state index in [9.17, 15) is 47.5 Å². The second-order valence-corrected chi connectivity index (χ2v) is 16.9. The number of nitriles is 1. The third-order valence-corrected chi connectivity index (χ3v) is 11.6. The maximum Gasteiger partial charge on any atom is 0.433 e. The molecule has 0 aliphatic carbocycles. The molecule has 1 aromatic heterocycles. The predicted molar refractivity (Wildman–Crippen MR) is 265 cm³/mol. The molecule has 0 spiro atoms. The maximum absolute atomic E-state index is 13.6. The fourth-order valence-corrected chi connectivity index (χ4v) is 7.48. The number of hydroxylamine groups is 1. The fourth-order valence-electron chi connectivity index (χ4n) is 7.26. The van der Waals surface area contributed by atoms with Crippen LogP contribution in [0.3, 0.4) is 0 Å². The summed E-state index contributed by atoms with van der Waals surface area (Å²) >= 11 is 6.37. The van der Waals surface area contributed by atoms with E-state index < -0.39 is 23.7 Å². The quantitative estimate of drug-likeness (QED) is 0.0477. The number of alkyl halides is 3. The van der Waals surface area contributed by atoms with Gasteiger partial charge in [-0.1, -0.05) is 23.7 Å². The highest BCUT2D eigenvalue weighted by Crippen LogP contribution is 2.35. The number of aromatic nitrogens is 1. The summed E-state index contributed by atoms with van der Waals surface area (Å²) in [5.74, 6) is -1.38. The minimum absolute atomic E-state index is 0.000409. The first-order valence-corrected chi connectivity index (χ1v) is 24.3. The average molecular weight is 1060 g/mol. The summed E-state index contributed by atoms with van der Waals surface area (Å²) in [5, 5.41) is 21.8. The second kappa shape index (κ2) is 34.0. The van der Waals surface area contributed by atoms with E-state index in [0.29, 0.717) is 123 Å². The number of rotatable bonds is 31. The minimum atomic E-state index is -4.76. The molecule has 0 bridgehead atoms. The molecule has 1 saturated heterocycles. The number of nitrogens with zero attached hydrogens (tertiary/aromatic N) is 7. The van der Waals surface area contributed by atoms with Crippen molar-refractivity contribution >= 4 is 47.6 Å². The lowest BCUT2D eigenvalue weighted by molar-refractivity contribution is -0.141. The van der Waals surface area contributed by atoms with E-state index in [0.717, 1.165) is 18.8 Å². The first-order chi connectivity index (χ1) is 35.7. The highest BCUT2D eigenvalue weighted by Gasteiger charge is 2.33. The van der Waals surface area contributed by atoms with Gasteiger partial charge in [-0.15, -0.1) is 0 Å². The van der Waals surface area contributed by atoms with E-state index in [4.69, 9.17) is 40.1 Å². The zero-order valence-electron chi connectivity index (χ0n) is 41.4. The molecule has 0 radical (unpaired) electrons. The Morgan fingerprint density at radius 1 is 0.784 bits per heavy atom. The zero-order chi connectivity index (χ0) is 53.6. The van der Waals surface area contributed by atoms with Gasteiger partial charge in [0.1, 0.15) is 30.7 Å². The topological polar surface area (TPSA) is 238 Å². The summed E-state index contributed by atoms with van der Waals surface area (Å²) in [7, 11) is 1.51. The van der Waals surface area contributed by atoms with Crippen molar-refractivity contribution in [1.82, 2.24) is 35.4 Å². The summed E-state index contributed by atoms with van der Waals surface area (Å²) < 4.78 is 67.8. The van der Waals surface area contributed by atoms with Gasteiger partial charge < -0.3 is 48.6 Å². The number of aliphatic carboxylic acids is 1. The number of carbonyl (C=O) groups is 5. The Bertz CT molecular complexity index is 2260. The number of halogens is 4. The van der Waals surface area contributed by atoms with Crippen molar-refractivity contribution in [2.75, 3.05) is 163 Å². The van der Waals surface area contributed by atoms with Crippen LogP contribution in [0.15, 0.2) is 54.7 Å². The molecule has 74 heavy (non-hydrogen) atoms. The third kappa shape index (κ3) is 22.4. The predicted octanol–water partition coefficient (Wildman–Crippen LogP) is 2.70. The number of nitrogens with one attached hydrogen (secondary N) is 2. The van der Waals surface area contributed by atoms with E-state index >= 15 is 0 Å². The first-order valence-electron chi connectivity index (χ1n) is 23.9. The number of ether oxygens (including phenoxy) is 5. The van der Waals surface area contributed by atoms with Gasteiger partial charge in [0.15, 0.2) is 0 Å². The van der Waals surface area contributed by atoms with E-state index in [1.807, 2.05) is 19.6 Å². The highest BCUT2D eigenvalue weighted by atomic mass is 35.5. The van der Waals surface area contributed by atoms with E-state index in [-0.39, 0.29) is 85.7 Å². The monoisotopic (exact) mass is 1060 g/mol. The number of hydrogen-bond donors (Lipinski definition) is 3. The van der Waals surface area contributed by atoms with Crippen LogP contribution in [0.2, 0.25) is 5.02 Å². The van der Waals surface area contributed by atoms with Crippen molar-refractivity contribution in [3.63, 3.8) is 0 Å². The first kappa shape index (κ1) is 60.9. The number of carbonyl (C=O) groups excluding carboxylic acids is 4. The number of amides is 2. The van der Waals surface area contributed by atoms with E-state index in [2.05, 4.69) is 15.8 Å². The molecular formula is C49H65ClF3N9O12. The van der Waals surface area contributed by atoms with Crippen LogP contribution in [0.4, 0.5) is 18.9 Å². The minimum Gasteiger partial charge on any atom is -0.491 e. The fraction of sp³-hybridized carbons (Fsp3) is 0.531. The van der Waals surface area contributed by atoms with Gasteiger partial charge in [0.25, 0.3) is 5.91 Å². The van der Waals surface area contributed by atoms with Crippen molar-refractivity contribution in [3.05, 3.63) is 76.6 Å². The molecule has 2 heterocycles.